The Morgan fingerprint density at radius 3 is 2.74 bits per heavy atom. The van der Waals surface area contributed by atoms with Gasteiger partial charge >= 0.3 is 0 Å². The fraction of sp³-hybridized carbons (Fsp3) is 0.733. The molecule has 1 atom stereocenters. The topological polar surface area (TPSA) is 26.0 Å². The van der Waals surface area contributed by atoms with E-state index in [1.54, 1.807) is 0 Å². The molecule has 2 N–H and O–H groups in total. The second-order valence-electron chi connectivity index (χ2n) is 5.39. The van der Waals surface area contributed by atoms with E-state index in [2.05, 4.69) is 19.1 Å². The quantitative estimate of drug-likeness (QED) is 0.381. The summed E-state index contributed by atoms with van der Waals surface area (Å²) in [6.07, 6.45) is 10.1. The van der Waals surface area contributed by atoms with Gasteiger partial charge in [-0.1, -0.05) is 30.2 Å². The highest BCUT2D eigenvalue weighted by molar-refractivity contribution is 14.1. The average Bonchev–Trinajstić information content (AvgIpc) is 2.31. The maximum atomic E-state index is 12.7. The van der Waals surface area contributed by atoms with E-state index in [9.17, 15) is 8.78 Å². The Labute approximate surface area is 128 Å². The first-order chi connectivity index (χ1) is 8.92. The summed E-state index contributed by atoms with van der Waals surface area (Å²) in [7, 11) is 0. The van der Waals surface area contributed by atoms with Crippen molar-refractivity contribution in [1.82, 2.24) is 0 Å². The fourth-order valence-corrected chi connectivity index (χ4v) is 2.83. The van der Waals surface area contributed by atoms with E-state index >= 15 is 0 Å². The van der Waals surface area contributed by atoms with Gasteiger partial charge in [0.2, 0.25) is 0 Å². The number of allylic oxidation sites excluding steroid dienone is 3. The van der Waals surface area contributed by atoms with Crippen molar-refractivity contribution >= 4 is 22.6 Å². The number of nitrogens with two attached hydrogens (primary N) is 1. The summed E-state index contributed by atoms with van der Waals surface area (Å²) in [6, 6.07) is 0. The fourth-order valence-electron chi connectivity index (χ4n) is 2.45. The van der Waals surface area contributed by atoms with E-state index in [0.717, 1.165) is 19.3 Å². The van der Waals surface area contributed by atoms with Crippen molar-refractivity contribution in [3.8, 4) is 0 Å². The van der Waals surface area contributed by atoms with E-state index in [1.807, 2.05) is 0 Å². The van der Waals surface area contributed by atoms with Gasteiger partial charge in [-0.05, 0) is 67.0 Å². The predicted octanol–water partition coefficient (Wildman–Crippen LogP) is 5.21. The monoisotopic (exact) mass is 383 g/mol. The maximum absolute atomic E-state index is 12.7. The van der Waals surface area contributed by atoms with Crippen LogP contribution >= 0.6 is 22.6 Å². The molecule has 0 spiro atoms. The highest BCUT2D eigenvalue weighted by Crippen LogP contribution is 2.31. The highest BCUT2D eigenvalue weighted by Gasteiger charge is 2.22. The minimum atomic E-state index is -2.55. The summed E-state index contributed by atoms with van der Waals surface area (Å²) in [6.45, 7) is 2.86. The van der Waals surface area contributed by atoms with E-state index < -0.39 is 3.93 Å². The van der Waals surface area contributed by atoms with Crippen molar-refractivity contribution in [3.05, 3.63) is 23.3 Å². The standard InChI is InChI=1S/C15H24F2IN/c1-12-5-4-6-13(11-19)8-9-14(12)7-2-3-10-15(16,17)18/h8-9,12H,2-7,10-11,19H2,1H3/b13-8+,14-9?. The zero-order valence-corrected chi connectivity index (χ0v) is 13.8. The van der Waals surface area contributed by atoms with Gasteiger partial charge in [0, 0.05) is 13.0 Å². The normalized spacial score (nSPS) is 24.2. The lowest BCUT2D eigenvalue weighted by molar-refractivity contribution is 0.113. The lowest BCUT2D eigenvalue weighted by Gasteiger charge is -2.19. The Morgan fingerprint density at radius 2 is 2.11 bits per heavy atom. The molecule has 0 aromatic carbocycles. The molecule has 1 rings (SSSR count). The van der Waals surface area contributed by atoms with Crippen LogP contribution in [0.15, 0.2) is 23.3 Å². The van der Waals surface area contributed by atoms with Crippen molar-refractivity contribution < 1.29 is 8.78 Å². The number of rotatable bonds is 6. The van der Waals surface area contributed by atoms with Crippen molar-refractivity contribution in [2.45, 2.75) is 55.8 Å². The molecule has 4 heteroatoms. The first kappa shape index (κ1) is 17.1. The molecule has 0 aromatic rings. The van der Waals surface area contributed by atoms with Crippen LogP contribution < -0.4 is 5.73 Å². The molecule has 1 aliphatic carbocycles. The molecule has 19 heavy (non-hydrogen) atoms. The minimum absolute atomic E-state index is 0.0148. The zero-order valence-electron chi connectivity index (χ0n) is 11.6. The third-order valence-electron chi connectivity index (χ3n) is 3.74. The molecule has 1 aliphatic rings. The molecule has 0 amide bonds. The number of unbranched alkanes of at least 4 members (excludes halogenated alkanes) is 1. The maximum Gasteiger partial charge on any atom is 0.296 e. The Hall–Kier alpha value is 0.0300. The SMILES string of the molecule is CC1CCC/C(CN)=C\C=C1CCCCC(F)(F)I. The van der Waals surface area contributed by atoms with Crippen LogP contribution in [-0.2, 0) is 0 Å². The number of alkyl halides is 3. The summed E-state index contributed by atoms with van der Waals surface area (Å²) in [5.74, 6) is 0.565. The second-order valence-corrected chi connectivity index (χ2v) is 6.96. The van der Waals surface area contributed by atoms with Crippen LogP contribution in [0.3, 0.4) is 0 Å². The van der Waals surface area contributed by atoms with E-state index in [0.29, 0.717) is 18.9 Å². The molecule has 0 bridgehead atoms. The third-order valence-corrected chi connectivity index (χ3v) is 4.28. The smallest absolute Gasteiger partial charge is 0.296 e. The van der Waals surface area contributed by atoms with Crippen LogP contribution in [-0.4, -0.2) is 10.5 Å². The van der Waals surface area contributed by atoms with Gasteiger partial charge in [-0.25, -0.2) is 0 Å². The Kier molecular flexibility index (Phi) is 7.50. The zero-order chi connectivity index (χ0) is 14.3. The van der Waals surface area contributed by atoms with Crippen LogP contribution in [0.5, 0.6) is 0 Å². The molecule has 1 nitrogen and oxygen atoms in total. The van der Waals surface area contributed by atoms with Gasteiger partial charge in [0.25, 0.3) is 3.93 Å². The van der Waals surface area contributed by atoms with Crippen molar-refractivity contribution in [3.63, 3.8) is 0 Å². The molecular formula is C15H24F2IN. The van der Waals surface area contributed by atoms with Crippen LogP contribution in [0.2, 0.25) is 0 Å². The van der Waals surface area contributed by atoms with Crippen LogP contribution in [0, 0.1) is 5.92 Å². The summed E-state index contributed by atoms with van der Waals surface area (Å²) >= 11 is 1.22. The molecular weight excluding hydrogens is 359 g/mol. The lowest BCUT2D eigenvalue weighted by atomic mass is 9.88. The summed E-state index contributed by atoms with van der Waals surface area (Å²) in [4.78, 5) is 0. The van der Waals surface area contributed by atoms with Gasteiger partial charge in [0.1, 0.15) is 0 Å². The van der Waals surface area contributed by atoms with Gasteiger partial charge in [0.05, 0.1) is 0 Å². The van der Waals surface area contributed by atoms with E-state index in [-0.39, 0.29) is 6.42 Å². The first-order valence-corrected chi connectivity index (χ1v) is 8.15. The average molecular weight is 383 g/mol. The molecule has 0 heterocycles. The Balaban J connectivity index is 2.48. The van der Waals surface area contributed by atoms with Crippen LogP contribution in [0.1, 0.15) is 51.9 Å². The number of hydrogen-bond acceptors (Lipinski definition) is 1. The van der Waals surface area contributed by atoms with Gasteiger partial charge in [-0.2, -0.15) is 8.78 Å². The molecule has 110 valence electrons. The largest absolute Gasteiger partial charge is 0.327 e. The van der Waals surface area contributed by atoms with E-state index in [4.69, 9.17) is 5.73 Å². The summed E-state index contributed by atoms with van der Waals surface area (Å²) < 4.78 is 22.9. The van der Waals surface area contributed by atoms with Crippen LogP contribution in [0.25, 0.3) is 0 Å². The first-order valence-electron chi connectivity index (χ1n) is 7.07. The molecule has 1 unspecified atom stereocenters. The number of halogens is 3. The number of hydrogen-bond donors (Lipinski definition) is 1. The molecule has 0 radical (unpaired) electrons. The van der Waals surface area contributed by atoms with Crippen molar-refractivity contribution in [1.29, 1.82) is 0 Å². The Morgan fingerprint density at radius 1 is 1.37 bits per heavy atom. The van der Waals surface area contributed by atoms with E-state index in [1.165, 1.54) is 46.6 Å². The van der Waals surface area contributed by atoms with Gasteiger partial charge < -0.3 is 5.73 Å². The molecule has 0 saturated carbocycles. The molecule has 0 aliphatic heterocycles. The molecule has 0 fully saturated rings. The van der Waals surface area contributed by atoms with Crippen molar-refractivity contribution in [2.24, 2.45) is 11.7 Å². The Bertz CT molecular complexity index is 332. The van der Waals surface area contributed by atoms with Gasteiger partial charge in [0.15, 0.2) is 0 Å². The molecule has 0 aromatic heterocycles. The van der Waals surface area contributed by atoms with Crippen molar-refractivity contribution in [2.75, 3.05) is 6.54 Å². The lowest BCUT2D eigenvalue weighted by Crippen LogP contribution is -2.08. The third kappa shape index (κ3) is 7.40. The second kappa shape index (κ2) is 8.35. The van der Waals surface area contributed by atoms with Gasteiger partial charge in [-0.3, -0.25) is 0 Å². The summed E-state index contributed by atoms with van der Waals surface area (Å²) in [5, 5.41) is 0. The summed E-state index contributed by atoms with van der Waals surface area (Å²) in [5.41, 5.74) is 8.38. The van der Waals surface area contributed by atoms with Gasteiger partial charge in [-0.15, -0.1) is 0 Å². The molecule has 0 saturated heterocycles. The predicted molar refractivity (Wildman–Crippen MR) is 85.7 cm³/mol. The minimum Gasteiger partial charge on any atom is -0.327 e. The van der Waals surface area contributed by atoms with Crippen LogP contribution in [0.4, 0.5) is 8.78 Å². The highest BCUT2D eigenvalue weighted by atomic mass is 127.